The van der Waals surface area contributed by atoms with Gasteiger partial charge in [-0.3, -0.25) is 9.69 Å². The van der Waals surface area contributed by atoms with Gasteiger partial charge in [0.05, 0.1) is 30.7 Å². The number of phenolic OH excluding ortho intramolecular Hbond substituents is 1. The maximum atomic E-state index is 13.3. The van der Waals surface area contributed by atoms with Gasteiger partial charge in [0.15, 0.2) is 11.5 Å². The summed E-state index contributed by atoms with van der Waals surface area (Å²) < 4.78 is 16.6. The molecule has 1 aromatic heterocycles. The highest BCUT2D eigenvalue weighted by Crippen LogP contribution is 2.33. The molecule has 0 spiro atoms. The number of hydrogen-bond acceptors (Lipinski definition) is 6. The summed E-state index contributed by atoms with van der Waals surface area (Å²) in [6.07, 6.45) is 3.83. The molecule has 0 aliphatic carbocycles. The third-order valence-electron chi connectivity index (χ3n) is 5.84. The van der Waals surface area contributed by atoms with Crippen LogP contribution in [0.15, 0.2) is 45.8 Å². The van der Waals surface area contributed by atoms with E-state index in [-0.39, 0.29) is 11.2 Å². The van der Waals surface area contributed by atoms with E-state index in [1.807, 2.05) is 0 Å². The van der Waals surface area contributed by atoms with Gasteiger partial charge in [-0.15, -0.1) is 0 Å². The normalized spacial score (nSPS) is 17.2. The van der Waals surface area contributed by atoms with Crippen LogP contribution in [0, 0.1) is 5.92 Å². The van der Waals surface area contributed by atoms with Gasteiger partial charge >= 0.3 is 0 Å². The van der Waals surface area contributed by atoms with Crippen LogP contribution in [0.5, 0.6) is 17.2 Å². The van der Waals surface area contributed by atoms with Gasteiger partial charge in [0, 0.05) is 13.1 Å². The van der Waals surface area contributed by atoms with E-state index in [0.717, 1.165) is 19.5 Å². The average molecular weight is 409 g/mol. The number of ether oxygens (including phenoxy) is 2. The van der Waals surface area contributed by atoms with Crippen molar-refractivity contribution in [2.75, 3.05) is 27.3 Å². The fourth-order valence-electron chi connectivity index (χ4n) is 4.26. The van der Waals surface area contributed by atoms with Gasteiger partial charge in [0.2, 0.25) is 5.43 Å². The van der Waals surface area contributed by atoms with Crippen molar-refractivity contribution < 1.29 is 19.0 Å². The molecule has 6 nitrogen and oxygen atoms in total. The highest BCUT2D eigenvalue weighted by Gasteiger charge is 2.21. The summed E-state index contributed by atoms with van der Waals surface area (Å²) in [4.78, 5) is 15.6. The second kappa shape index (κ2) is 8.40. The van der Waals surface area contributed by atoms with Gasteiger partial charge in [-0.1, -0.05) is 13.0 Å². The van der Waals surface area contributed by atoms with Crippen molar-refractivity contribution >= 4 is 11.0 Å². The van der Waals surface area contributed by atoms with Gasteiger partial charge < -0.3 is 19.0 Å². The molecule has 1 aliphatic heterocycles. The molecule has 0 radical (unpaired) electrons. The largest absolute Gasteiger partial charge is 0.507 e. The van der Waals surface area contributed by atoms with Crippen molar-refractivity contribution in [1.29, 1.82) is 0 Å². The molecule has 3 aromatic rings. The Kier molecular flexibility index (Phi) is 5.68. The quantitative estimate of drug-likeness (QED) is 0.673. The molecule has 30 heavy (non-hydrogen) atoms. The van der Waals surface area contributed by atoms with E-state index >= 15 is 0 Å². The van der Waals surface area contributed by atoms with Gasteiger partial charge in [-0.25, -0.2) is 0 Å². The number of aromatic hydroxyl groups is 1. The molecule has 158 valence electrons. The van der Waals surface area contributed by atoms with Crippen LogP contribution < -0.4 is 14.9 Å². The maximum absolute atomic E-state index is 13.3. The molecule has 1 saturated heterocycles. The highest BCUT2D eigenvalue weighted by atomic mass is 16.5. The van der Waals surface area contributed by atoms with E-state index in [0.29, 0.717) is 51.6 Å². The van der Waals surface area contributed by atoms with Crippen LogP contribution >= 0.6 is 0 Å². The first-order chi connectivity index (χ1) is 14.5. The summed E-state index contributed by atoms with van der Waals surface area (Å²) in [6, 6.07) is 8.53. The molecule has 2 heterocycles. The van der Waals surface area contributed by atoms with Crippen LogP contribution in [-0.4, -0.2) is 37.3 Å². The topological polar surface area (TPSA) is 72.1 Å². The van der Waals surface area contributed by atoms with Crippen LogP contribution in [0.2, 0.25) is 0 Å². The number of methoxy groups -OCH3 is 2. The van der Waals surface area contributed by atoms with Crippen LogP contribution in [-0.2, 0) is 6.54 Å². The van der Waals surface area contributed by atoms with Crippen LogP contribution in [0.4, 0.5) is 0 Å². The van der Waals surface area contributed by atoms with Gasteiger partial charge in [0.25, 0.3) is 0 Å². The minimum Gasteiger partial charge on any atom is -0.507 e. The number of rotatable bonds is 5. The van der Waals surface area contributed by atoms with Crippen molar-refractivity contribution in [3.05, 3.63) is 52.4 Å². The molecule has 4 rings (SSSR count). The van der Waals surface area contributed by atoms with Gasteiger partial charge in [0.1, 0.15) is 17.6 Å². The summed E-state index contributed by atoms with van der Waals surface area (Å²) >= 11 is 0. The number of hydrogen-bond donors (Lipinski definition) is 1. The van der Waals surface area contributed by atoms with E-state index in [2.05, 4.69) is 11.8 Å². The lowest BCUT2D eigenvalue weighted by Crippen LogP contribution is -2.33. The predicted octanol–water partition coefficient (Wildman–Crippen LogP) is 4.41. The molecule has 6 heteroatoms. The lowest BCUT2D eigenvalue weighted by molar-refractivity contribution is 0.175. The van der Waals surface area contributed by atoms with E-state index in [4.69, 9.17) is 13.9 Å². The molecule has 1 fully saturated rings. The second-order valence-electron chi connectivity index (χ2n) is 7.97. The fourth-order valence-corrected chi connectivity index (χ4v) is 4.26. The molecule has 2 aromatic carbocycles. The molecular weight excluding hydrogens is 382 g/mol. The molecule has 1 unspecified atom stereocenters. The standard InChI is InChI=1S/C24H27NO5/c1-15-5-4-10-25(12-15)13-18-20(26)8-7-17-23(27)19(14-30-24(17)18)16-6-9-21(28-2)22(11-16)29-3/h6-9,11,14-15,26H,4-5,10,12-13H2,1-3H3. The number of likely N-dealkylation sites (tertiary alicyclic amines) is 1. The number of phenols is 1. The van der Waals surface area contributed by atoms with Crippen LogP contribution in [0.3, 0.4) is 0 Å². The SMILES string of the molecule is COc1ccc(-c2coc3c(CN4CCCC(C)C4)c(O)ccc3c2=O)cc1OC. The Morgan fingerprint density at radius 2 is 1.97 bits per heavy atom. The lowest BCUT2D eigenvalue weighted by Gasteiger charge is -2.31. The number of piperidine rings is 1. The molecule has 0 saturated carbocycles. The first-order valence-electron chi connectivity index (χ1n) is 10.2. The Hall–Kier alpha value is -2.99. The summed E-state index contributed by atoms with van der Waals surface area (Å²) in [6.45, 7) is 4.76. The molecule has 1 atom stereocenters. The molecule has 0 amide bonds. The number of benzene rings is 2. The summed E-state index contributed by atoms with van der Waals surface area (Å²) in [5.74, 6) is 1.91. The van der Waals surface area contributed by atoms with Crippen LogP contribution in [0.1, 0.15) is 25.3 Å². The fraction of sp³-hybridized carbons (Fsp3) is 0.375. The van der Waals surface area contributed by atoms with Crippen molar-refractivity contribution in [3.63, 3.8) is 0 Å². The summed E-state index contributed by atoms with van der Waals surface area (Å²) in [5.41, 5.74) is 2.09. The monoisotopic (exact) mass is 409 g/mol. The summed E-state index contributed by atoms with van der Waals surface area (Å²) in [5, 5.41) is 10.9. The third-order valence-corrected chi connectivity index (χ3v) is 5.84. The molecule has 0 bridgehead atoms. The molecule has 1 aliphatic rings. The van der Waals surface area contributed by atoms with E-state index in [9.17, 15) is 9.90 Å². The molecule has 1 N–H and O–H groups in total. The average Bonchev–Trinajstić information content (AvgIpc) is 2.75. The van der Waals surface area contributed by atoms with E-state index in [1.165, 1.54) is 12.7 Å². The Labute approximate surface area is 175 Å². The molecular formula is C24H27NO5. The smallest absolute Gasteiger partial charge is 0.200 e. The Bertz CT molecular complexity index is 1120. The first kappa shape index (κ1) is 20.3. The lowest BCUT2D eigenvalue weighted by atomic mass is 9.99. The minimum atomic E-state index is -0.142. The highest BCUT2D eigenvalue weighted by molar-refractivity contribution is 5.85. The van der Waals surface area contributed by atoms with E-state index in [1.54, 1.807) is 44.6 Å². The van der Waals surface area contributed by atoms with Crippen molar-refractivity contribution in [2.45, 2.75) is 26.3 Å². The Balaban J connectivity index is 1.77. The van der Waals surface area contributed by atoms with Crippen molar-refractivity contribution in [3.8, 4) is 28.4 Å². The zero-order valence-corrected chi connectivity index (χ0v) is 17.6. The minimum absolute atomic E-state index is 0.142. The number of fused-ring (bicyclic) bond motifs is 1. The van der Waals surface area contributed by atoms with Gasteiger partial charge in [-0.2, -0.15) is 0 Å². The van der Waals surface area contributed by atoms with E-state index < -0.39 is 0 Å². The number of nitrogens with zero attached hydrogens (tertiary/aromatic N) is 1. The zero-order valence-electron chi connectivity index (χ0n) is 17.6. The Morgan fingerprint density at radius 3 is 2.70 bits per heavy atom. The van der Waals surface area contributed by atoms with Gasteiger partial charge in [-0.05, 0) is 55.1 Å². The zero-order chi connectivity index (χ0) is 21.3. The predicted molar refractivity (Wildman–Crippen MR) is 116 cm³/mol. The van der Waals surface area contributed by atoms with Crippen molar-refractivity contribution in [2.24, 2.45) is 5.92 Å². The summed E-state index contributed by atoms with van der Waals surface area (Å²) in [7, 11) is 3.13. The van der Waals surface area contributed by atoms with Crippen LogP contribution in [0.25, 0.3) is 22.1 Å². The maximum Gasteiger partial charge on any atom is 0.200 e. The first-order valence-corrected chi connectivity index (χ1v) is 10.2. The third kappa shape index (κ3) is 3.75. The second-order valence-corrected chi connectivity index (χ2v) is 7.97. The Morgan fingerprint density at radius 1 is 1.17 bits per heavy atom. The van der Waals surface area contributed by atoms with Crippen molar-refractivity contribution in [1.82, 2.24) is 4.90 Å².